The standard InChI is InChI=1S/C16H21N3O4/c1-22-13-3-2-11-8-12(10-23-14(11)9-13)15(20)17-4-6-19-7-5-18-16(19)21/h2-3,9,12H,4-8,10H2,1H3,(H,17,20)(H,18,21)/t12-/m0/s1. The van der Waals surface area contributed by atoms with E-state index < -0.39 is 0 Å². The van der Waals surface area contributed by atoms with Crippen LogP contribution in [0, 0.1) is 5.92 Å². The fourth-order valence-electron chi connectivity index (χ4n) is 2.83. The molecule has 1 fully saturated rings. The quantitative estimate of drug-likeness (QED) is 0.823. The van der Waals surface area contributed by atoms with Crippen LogP contribution >= 0.6 is 0 Å². The Kier molecular flexibility index (Phi) is 4.55. The zero-order valence-electron chi connectivity index (χ0n) is 13.1. The topological polar surface area (TPSA) is 79.9 Å². The minimum Gasteiger partial charge on any atom is -0.497 e. The lowest BCUT2D eigenvalue weighted by Crippen LogP contribution is -2.41. The molecule has 0 aromatic heterocycles. The van der Waals surface area contributed by atoms with Gasteiger partial charge in [0.05, 0.1) is 13.0 Å². The van der Waals surface area contributed by atoms with Crippen LogP contribution in [0.3, 0.4) is 0 Å². The first-order valence-corrected chi connectivity index (χ1v) is 7.77. The third-order valence-corrected chi connectivity index (χ3v) is 4.18. The number of hydrogen-bond acceptors (Lipinski definition) is 4. The summed E-state index contributed by atoms with van der Waals surface area (Å²) >= 11 is 0. The van der Waals surface area contributed by atoms with Crippen LogP contribution in [0.15, 0.2) is 18.2 Å². The maximum absolute atomic E-state index is 12.3. The number of fused-ring (bicyclic) bond motifs is 1. The zero-order valence-corrected chi connectivity index (χ0v) is 13.1. The Hall–Kier alpha value is -2.44. The van der Waals surface area contributed by atoms with Gasteiger partial charge in [0.1, 0.15) is 18.1 Å². The van der Waals surface area contributed by atoms with Gasteiger partial charge in [-0.25, -0.2) is 4.79 Å². The number of rotatable bonds is 5. The molecule has 2 aliphatic rings. The van der Waals surface area contributed by atoms with Gasteiger partial charge in [-0.3, -0.25) is 4.79 Å². The highest BCUT2D eigenvalue weighted by molar-refractivity contribution is 5.80. The molecule has 7 nitrogen and oxygen atoms in total. The lowest BCUT2D eigenvalue weighted by molar-refractivity contribution is -0.126. The predicted molar refractivity (Wildman–Crippen MR) is 83.7 cm³/mol. The second-order valence-corrected chi connectivity index (χ2v) is 5.70. The van der Waals surface area contributed by atoms with E-state index in [1.54, 1.807) is 12.0 Å². The number of methoxy groups -OCH3 is 1. The molecule has 3 amide bonds. The monoisotopic (exact) mass is 319 g/mol. The number of ether oxygens (including phenoxy) is 2. The predicted octanol–water partition coefficient (Wildman–Crippen LogP) is 0.388. The van der Waals surface area contributed by atoms with Crippen molar-refractivity contribution in [2.45, 2.75) is 6.42 Å². The fourth-order valence-corrected chi connectivity index (χ4v) is 2.83. The van der Waals surface area contributed by atoms with Crippen LogP contribution in [0.5, 0.6) is 11.5 Å². The molecule has 0 saturated carbocycles. The largest absolute Gasteiger partial charge is 0.497 e. The summed E-state index contributed by atoms with van der Waals surface area (Å²) in [4.78, 5) is 25.4. The average molecular weight is 319 g/mol. The first-order chi connectivity index (χ1) is 11.2. The molecule has 0 unspecified atom stereocenters. The zero-order chi connectivity index (χ0) is 16.2. The minimum atomic E-state index is -0.205. The molecule has 0 bridgehead atoms. The first-order valence-electron chi connectivity index (χ1n) is 7.77. The number of nitrogens with one attached hydrogen (secondary N) is 2. The van der Waals surface area contributed by atoms with Gasteiger partial charge in [0, 0.05) is 32.2 Å². The van der Waals surface area contributed by atoms with E-state index in [0.29, 0.717) is 39.2 Å². The Bertz CT molecular complexity index is 605. The van der Waals surface area contributed by atoms with Crippen LogP contribution in [0.2, 0.25) is 0 Å². The lowest BCUT2D eigenvalue weighted by atomic mass is 9.96. The Morgan fingerprint density at radius 2 is 2.39 bits per heavy atom. The van der Waals surface area contributed by atoms with Crippen molar-refractivity contribution in [1.29, 1.82) is 0 Å². The molecule has 1 aromatic rings. The highest BCUT2D eigenvalue weighted by Gasteiger charge is 2.26. The molecule has 1 atom stereocenters. The van der Waals surface area contributed by atoms with E-state index in [2.05, 4.69) is 10.6 Å². The van der Waals surface area contributed by atoms with Gasteiger partial charge in [0.15, 0.2) is 0 Å². The van der Waals surface area contributed by atoms with Crippen LogP contribution < -0.4 is 20.1 Å². The van der Waals surface area contributed by atoms with Crippen molar-refractivity contribution in [3.8, 4) is 11.5 Å². The Labute approximate surface area is 134 Å². The third kappa shape index (κ3) is 3.49. The SMILES string of the molecule is COc1ccc2c(c1)OC[C@@H](C(=O)NCCN1CCNC1=O)C2. The van der Waals surface area contributed by atoms with E-state index in [0.717, 1.165) is 17.1 Å². The van der Waals surface area contributed by atoms with Gasteiger partial charge >= 0.3 is 6.03 Å². The van der Waals surface area contributed by atoms with Gasteiger partial charge in [0.25, 0.3) is 0 Å². The molecule has 23 heavy (non-hydrogen) atoms. The molecule has 7 heteroatoms. The summed E-state index contributed by atoms with van der Waals surface area (Å²) in [7, 11) is 1.61. The van der Waals surface area contributed by atoms with Crippen LogP contribution in [-0.4, -0.2) is 56.7 Å². The first kappa shape index (κ1) is 15.5. The molecule has 2 heterocycles. The average Bonchev–Trinajstić information content (AvgIpc) is 2.99. The number of nitrogens with zero attached hydrogens (tertiary/aromatic N) is 1. The van der Waals surface area contributed by atoms with Gasteiger partial charge in [0.2, 0.25) is 5.91 Å². The van der Waals surface area contributed by atoms with Crippen LogP contribution in [0.25, 0.3) is 0 Å². The second kappa shape index (κ2) is 6.76. The summed E-state index contributed by atoms with van der Waals surface area (Å²) in [5, 5.41) is 5.62. The summed E-state index contributed by atoms with van der Waals surface area (Å²) in [5.74, 6) is 1.28. The highest BCUT2D eigenvalue weighted by atomic mass is 16.5. The van der Waals surface area contributed by atoms with Gasteiger partial charge in [-0.05, 0) is 18.1 Å². The molecule has 124 valence electrons. The second-order valence-electron chi connectivity index (χ2n) is 5.70. The van der Waals surface area contributed by atoms with Crippen molar-refractivity contribution in [1.82, 2.24) is 15.5 Å². The molecule has 0 radical (unpaired) electrons. The number of carbonyl (C=O) groups excluding carboxylic acids is 2. The minimum absolute atomic E-state index is 0.0360. The van der Waals surface area contributed by atoms with E-state index in [4.69, 9.17) is 9.47 Å². The van der Waals surface area contributed by atoms with Crippen LogP contribution in [-0.2, 0) is 11.2 Å². The summed E-state index contributed by atoms with van der Waals surface area (Å²) in [6.45, 7) is 2.70. The van der Waals surface area contributed by atoms with E-state index in [1.165, 1.54) is 0 Å². The summed E-state index contributed by atoms with van der Waals surface area (Å²) < 4.78 is 10.8. The summed E-state index contributed by atoms with van der Waals surface area (Å²) in [5.41, 5.74) is 1.01. The molecule has 2 N–H and O–H groups in total. The Balaban J connectivity index is 1.49. The van der Waals surface area contributed by atoms with Crippen LogP contribution in [0.1, 0.15) is 5.56 Å². The van der Waals surface area contributed by atoms with Crippen LogP contribution in [0.4, 0.5) is 4.79 Å². The maximum Gasteiger partial charge on any atom is 0.317 e. The van der Waals surface area contributed by atoms with Gasteiger partial charge in [-0.1, -0.05) is 6.07 Å². The van der Waals surface area contributed by atoms with Gasteiger partial charge in [-0.15, -0.1) is 0 Å². The molecule has 1 aromatic carbocycles. The Morgan fingerprint density at radius 3 is 3.13 bits per heavy atom. The van der Waals surface area contributed by atoms with Crippen molar-refractivity contribution in [3.63, 3.8) is 0 Å². The van der Waals surface area contributed by atoms with Gasteiger partial charge < -0.3 is 25.0 Å². The number of amides is 3. The van der Waals surface area contributed by atoms with Crippen molar-refractivity contribution in [2.75, 3.05) is 39.9 Å². The molecular formula is C16H21N3O4. The number of carbonyl (C=O) groups is 2. The Morgan fingerprint density at radius 1 is 1.52 bits per heavy atom. The number of urea groups is 1. The summed E-state index contributed by atoms with van der Waals surface area (Å²) in [6.07, 6.45) is 0.648. The van der Waals surface area contributed by atoms with Crippen molar-refractivity contribution in [2.24, 2.45) is 5.92 Å². The molecule has 3 rings (SSSR count). The molecular weight excluding hydrogens is 298 g/mol. The third-order valence-electron chi connectivity index (χ3n) is 4.18. The van der Waals surface area contributed by atoms with E-state index in [1.807, 2.05) is 18.2 Å². The van der Waals surface area contributed by atoms with E-state index >= 15 is 0 Å². The lowest BCUT2D eigenvalue weighted by Gasteiger charge is -2.25. The normalized spacial score (nSPS) is 19.6. The van der Waals surface area contributed by atoms with E-state index in [9.17, 15) is 9.59 Å². The van der Waals surface area contributed by atoms with Crippen molar-refractivity contribution in [3.05, 3.63) is 23.8 Å². The maximum atomic E-state index is 12.3. The van der Waals surface area contributed by atoms with Gasteiger partial charge in [-0.2, -0.15) is 0 Å². The smallest absolute Gasteiger partial charge is 0.317 e. The molecule has 0 spiro atoms. The van der Waals surface area contributed by atoms with Crippen molar-refractivity contribution >= 4 is 11.9 Å². The fraction of sp³-hybridized carbons (Fsp3) is 0.500. The van der Waals surface area contributed by atoms with Crippen molar-refractivity contribution < 1.29 is 19.1 Å². The number of hydrogen-bond donors (Lipinski definition) is 2. The molecule has 2 aliphatic heterocycles. The molecule has 0 aliphatic carbocycles. The number of benzene rings is 1. The summed E-state index contributed by atoms with van der Waals surface area (Å²) in [6, 6.07) is 5.58. The van der Waals surface area contributed by atoms with E-state index in [-0.39, 0.29) is 17.9 Å². The molecule has 1 saturated heterocycles. The highest BCUT2D eigenvalue weighted by Crippen LogP contribution is 2.30.